The molecule has 0 saturated carbocycles. The number of hydrogen-bond acceptors (Lipinski definition) is 3. The summed E-state index contributed by atoms with van der Waals surface area (Å²) in [6, 6.07) is 70.8. The number of hydrogen-bond donors (Lipinski definition) is 1. The Morgan fingerprint density at radius 3 is 1.86 bits per heavy atom. The molecular weight excluding hydrogens is 699 g/mol. The molecule has 2 nitrogen and oxygen atoms in total. The first-order chi connectivity index (χ1) is 27.8. The van der Waals surface area contributed by atoms with E-state index in [4.69, 9.17) is 4.42 Å². The molecule has 262 valence electrons. The topological polar surface area (TPSA) is 25.2 Å². The van der Waals surface area contributed by atoms with Crippen molar-refractivity contribution in [2.24, 2.45) is 0 Å². The van der Waals surface area contributed by atoms with Crippen molar-refractivity contribution in [3.63, 3.8) is 0 Å². The third-order valence-corrected chi connectivity index (χ3v) is 13.1. The average molecular weight is 732 g/mol. The third kappa shape index (κ3) is 4.46. The molecule has 0 atom stereocenters. The first-order valence-electron chi connectivity index (χ1n) is 19.2. The van der Waals surface area contributed by atoms with Crippen molar-refractivity contribution in [3.8, 4) is 33.4 Å². The number of benzene rings is 9. The molecule has 2 aliphatic rings. The Kier molecular flexibility index (Phi) is 6.81. The van der Waals surface area contributed by atoms with Gasteiger partial charge in [-0.3, -0.25) is 0 Å². The third-order valence-electron chi connectivity index (χ3n) is 11.9. The van der Waals surface area contributed by atoms with Gasteiger partial charge in [0.15, 0.2) is 0 Å². The molecule has 9 aromatic carbocycles. The quantitative estimate of drug-likeness (QED) is 0.195. The maximum atomic E-state index is 6.40. The highest BCUT2D eigenvalue weighted by Gasteiger charge is 2.50. The lowest BCUT2D eigenvalue weighted by Crippen LogP contribution is -2.32. The molecule has 1 N–H and O–H groups in total. The van der Waals surface area contributed by atoms with Gasteiger partial charge >= 0.3 is 0 Å². The highest BCUT2D eigenvalue weighted by molar-refractivity contribution is 7.99. The minimum atomic E-state index is -0.407. The highest BCUT2D eigenvalue weighted by atomic mass is 32.2. The van der Waals surface area contributed by atoms with Gasteiger partial charge in [-0.25, -0.2) is 0 Å². The number of anilines is 2. The van der Waals surface area contributed by atoms with Crippen LogP contribution < -0.4 is 5.32 Å². The standard InChI is InChI=1S/C53H33NOS/c1-4-23-44-39(15-1)40-16-2-5-24-45(40)53(44)46-25-6-8-28-50(46)56-51-30-29-34(32-47(51)53)36-18-10-21-41-38(36)20-12-26-48(41)54-35-14-9-13-33(31-35)37-19-11-22-43-42-17-3-7-27-49(42)55-52(37)43/h1-32,54H. The van der Waals surface area contributed by atoms with Crippen LogP contribution in [0, 0.1) is 0 Å². The van der Waals surface area contributed by atoms with Crippen molar-refractivity contribution in [1.82, 2.24) is 0 Å². The summed E-state index contributed by atoms with van der Waals surface area (Å²) < 4.78 is 6.40. The van der Waals surface area contributed by atoms with Gasteiger partial charge in [-0.2, -0.15) is 0 Å². The summed E-state index contributed by atoms with van der Waals surface area (Å²) in [5.41, 5.74) is 16.2. The molecule has 0 saturated heterocycles. The van der Waals surface area contributed by atoms with E-state index in [2.05, 4.69) is 187 Å². The van der Waals surface area contributed by atoms with Gasteiger partial charge in [0.25, 0.3) is 0 Å². The van der Waals surface area contributed by atoms with Crippen LogP contribution in [-0.2, 0) is 5.41 Å². The van der Waals surface area contributed by atoms with Crippen LogP contribution in [0.5, 0.6) is 0 Å². The fraction of sp³-hybridized carbons (Fsp3) is 0.0189. The summed E-state index contributed by atoms with van der Waals surface area (Å²) >= 11 is 1.89. The van der Waals surface area contributed by atoms with Gasteiger partial charge < -0.3 is 9.73 Å². The Morgan fingerprint density at radius 2 is 1.00 bits per heavy atom. The summed E-state index contributed by atoms with van der Waals surface area (Å²) in [6.45, 7) is 0. The Labute approximate surface area is 329 Å². The monoisotopic (exact) mass is 731 g/mol. The molecule has 56 heavy (non-hydrogen) atoms. The van der Waals surface area contributed by atoms with E-state index in [1.807, 2.05) is 23.9 Å². The summed E-state index contributed by atoms with van der Waals surface area (Å²) in [5, 5.41) is 8.47. The van der Waals surface area contributed by atoms with E-state index >= 15 is 0 Å². The molecule has 1 aliphatic carbocycles. The Bertz CT molecular complexity index is 3180. The fourth-order valence-corrected chi connectivity index (χ4v) is 10.8. The van der Waals surface area contributed by atoms with Gasteiger partial charge in [0.1, 0.15) is 11.2 Å². The van der Waals surface area contributed by atoms with Crippen LogP contribution in [0.1, 0.15) is 22.3 Å². The summed E-state index contributed by atoms with van der Waals surface area (Å²) in [6.07, 6.45) is 0. The van der Waals surface area contributed by atoms with E-state index < -0.39 is 5.41 Å². The summed E-state index contributed by atoms with van der Waals surface area (Å²) in [7, 11) is 0. The van der Waals surface area contributed by atoms with Crippen molar-refractivity contribution in [2.45, 2.75) is 15.2 Å². The van der Waals surface area contributed by atoms with Crippen LogP contribution in [0.2, 0.25) is 0 Å². The van der Waals surface area contributed by atoms with Gasteiger partial charge in [-0.15, -0.1) is 0 Å². The van der Waals surface area contributed by atoms with Gasteiger partial charge in [-0.05, 0) is 97.9 Å². The zero-order valence-electron chi connectivity index (χ0n) is 30.3. The lowest BCUT2D eigenvalue weighted by molar-refractivity contribution is 0.670. The van der Waals surface area contributed by atoms with Gasteiger partial charge in [0.2, 0.25) is 0 Å². The molecule has 3 heteroatoms. The predicted molar refractivity (Wildman–Crippen MR) is 233 cm³/mol. The van der Waals surface area contributed by atoms with Crippen LogP contribution in [-0.4, -0.2) is 0 Å². The first-order valence-corrected chi connectivity index (χ1v) is 20.0. The number of furan rings is 1. The van der Waals surface area contributed by atoms with E-state index in [0.29, 0.717) is 0 Å². The summed E-state index contributed by atoms with van der Waals surface area (Å²) in [4.78, 5) is 2.62. The van der Waals surface area contributed by atoms with E-state index in [-0.39, 0.29) is 0 Å². The maximum Gasteiger partial charge on any atom is 0.143 e. The van der Waals surface area contributed by atoms with Gasteiger partial charge in [-0.1, -0.05) is 163 Å². The average Bonchev–Trinajstić information content (AvgIpc) is 3.78. The number of fused-ring (bicyclic) bond motifs is 13. The van der Waals surface area contributed by atoms with Crippen LogP contribution in [0.4, 0.5) is 11.4 Å². The Hall–Kier alpha value is -6.81. The van der Waals surface area contributed by atoms with Crippen LogP contribution in [0.15, 0.2) is 208 Å². The lowest BCUT2D eigenvalue weighted by atomic mass is 9.67. The van der Waals surface area contributed by atoms with Gasteiger partial charge in [0.05, 0.1) is 5.41 Å². The van der Waals surface area contributed by atoms with Crippen molar-refractivity contribution in [3.05, 3.63) is 216 Å². The van der Waals surface area contributed by atoms with Crippen LogP contribution >= 0.6 is 11.8 Å². The molecular formula is C53H33NOS. The normalized spacial score (nSPS) is 13.4. The minimum Gasteiger partial charge on any atom is -0.455 e. The zero-order chi connectivity index (χ0) is 36.8. The second kappa shape index (κ2) is 12.1. The SMILES string of the molecule is c1cc(Nc2cccc3c(-c4ccc5c(c4)C4(c6ccccc6S5)c5ccccc5-c5ccccc54)cccc23)cc(-c2cccc3c2oc2ccccc23)c1. The van der Waals surface area contributed by atoms with Crippen molar-refractivity contribution >= 4 is 55.8 Å². The Balaban J connectivity index is 0.979. The van der Waals surface area contributed by atoms with Crippen LogP contribution in [0.25, 0.3) is 66.1 Å². The Morgan fingerprint density at radius 1 is 0.393 bits per heavy atom. The number of nitrogens with one attached hydrogen (secondary N) is 1. The molecule has 0 fully saturated rings. The van der Waals surface area contributed by atoms with E-state index in [9.17, 15) is 0 Å². The largest absolute Gasteiger partial charge is 0.455 e. The number of rotatable bonds is 4. The molecule has 0 radical (unpaired) electrons. The molecule has 0 bridgehead atoms. The second-order valence-corrected chi connectivity index (χ2v) is 15.9. The minimum absolute atomic E-state index is 0.407. The lowest BCUT2D eigenvalue weighted by Gasteiger charge is -2.40. The molecule has 1 aliphatic heterocycles. The van der Waals surface area contributed by atoms with E-state index in [0.717, 1.165) is 44.4 Å². The highest BCUT2D eigenvalue weighted by Crippen LogP contribution is 2.62. The number of para-hydroxylation sites is 2. The fourth-order valence-electron chi connectivity index (χ4n) is 9.59. The second-order valence-electron chi connectivity index (χ2n) is 14.8. The first kappa shape index (κ1) is 31.5. The smallest absolute Gasteiger partial charge is 0.143 e. The predicted octanol–water partition coefficient (Wildman–Crippen LogP) is 14.6. The zero-order valence-corrected chi connectivity index (χ0v) is 31.1. The molecule has 1 aromatic heterocycles. The summed E-state index contributed by atoms with van der Waals surface area (Å²) in [5.74, 6) is 0. The van der Waals surface area contributed by atoms with Gasteiger partial charge in [0, 0.05) is 42.9 Å². The van der Waals surface area contributed by atoms with Crippen molar-refractivity contribution in [1.29, 1.82) is 0 Å². The van der Waals surface area contributed by atoms with Crippen molar-refractivity contribution in [2.75, 3.05) is 5.32 Å². The molecule has 12 rings (SSSR count). The molecule has 1 spiro atoms. The van der Waals surface area contributed by atoms with Crippen LogP contribution in [0.3, 0.4) is 0 Å². The molecule has 0 amide bonds. The maximum absolute atomic E-state index is 6.40. The molecule has 10 aromatic rings. The van der Waals surface area contributed by atoms with E-state index in [1.54, 1.807) is 0 Å². The van der Waals surface area contributed by atoms with Crippen molar-refractivity contribution < 1.29 is 4.42 Å². The molecule has 0 unspecified atom stereocenters. The van der Waals surface area contributed by atoms with E-state index in [1.165, 1.54) is 65.1 Å². The molecule has 2 heterocycles.